The Kier molecular flexibility index (Phi) is 7.55. The normalized spacial score (nSPS) is 10.0. The van der Waals surface area contributed by atoms with Crippen molar-refractivity contribution in [2.45, 2.75) is 0 Å². The molecule has 0 aliphatic heterocycles. The minimum atomic E-state index is 0.721. The second kappa shape index (κ2) is 7.76. The van der Waals surface area contributed by atoms with E-state index in [9.17, 15) is 0 Å². The van der Waals surface area contributed by atoms with Crippen LogP contribution < -0.4 is 33.2 Å². The van der Waals surface area contributed by atoms with Gasteiger partial charge in [-0.1, -0.05) is 0 Å². The molecule has 56 valence electrons. The van der Waals surface area contributed by atoms with Gasteiger partial charge >= 0.3 is 0 Å². The SMILES string of the molecule is CNNNNCCNN. The maximum Gasteiger partial charge on any atom is 0.0253 e. The van der Waals surface area contributed by atoms with Crippen molar-refractivity contribution in [2.24, 2.45) is 5.84 Å². The Morgan fingerprint density at radius 1 is 1.22 bits per heavy atom. The molecule has 6 nitrogen and oxygen atoms in total. The Morgan fingerprint density at radius 2 is 2.00 bits per heavy atom. The summed E-state index contributed by atoms with van der Waals surface area (Å²) < 4.78 is 0. The monoisotopic (exact) mass is 134 g/mol. The number of nitrogens with two attached hydrogens (primary N) is 1. The van der Waals surface area contributed by atoms with Crippen LogP contribution in [0.5, 0.6) is 0 Å². The van der Waals surface area contributed by atoms with E-state index in [1.165, 1.54) is 0 Å². The minimum absolute atomic E-state index is 0.721. The molecule has 0 aromatic carbocycles. The summed E-state index contributed by atoms with van der Waals surface area (Å²) in [5.41, 5.74) is 13.3. The first-order chi connectivity index (χ1) is 4.41. The van der Waals surface area contributed by atoms with Gasteiger partial charge in [-0.25, -0.2) is 10.9 Å². The van der Waals surface area contributed by atoms with Gasteiger partial charge in [0.05, 0.1) is 0 Å². The summed E-state index contributed by atoms with van der Waals surface area (Å²) in [6, 6.07) is 0. The van der Waals surface area contributed by atoms with E-state index in [0.29, 0.717) is 0 Å². The zero-order chi connectivity index (χ0) is 6.95. The Labute approximate surface area is 54.4 Å². The van der Waals surface area contributed by atoms with Gasteiger partial charge in [0.1, 0.15) is 0 Å². The third-order valence-corrected chi connectivity index (χ3v) is 0.670. The molecule has 7 N–H and O–H groups in total. The molecular weight excluding hydrogens is 120 g/mol. The zero-order valence-electron chi connectivity index (χ0n) is 5.49. The van der Waals surface area contributed by atoms with E-state index >= 15 is 0 Å². The second-order valence-corrected chi connectivity index (χ2v) is 1.38. The summed E-state index contributed by atoms with van der Waals surface area (Å²) in [7, 11) is 1.76. The smallest absolute Gasteiger partial charge is 0.0253 e. The predicted octanol–water partition coefficient (Wildman–Crippen LogP) is -2.82. The van der Waals surface area contributed by atoms with Gasteiger partial charge in [0.2, 0.25) is 0 Å². The molecule has 0 spiro atoms. The van der Waals surface area contributed by atoms with Crippen LogP contribution >= 0.6 is 0 Å². The summed E-state index contributed by atoms with van der Waals surface area (Å²) >= 11 is 0. The van der Waals surface area contributed by atoms with Crippen molar-refractivity contribution in [3.05, 3.63) is 0 Å². The molecule has 0 fully saturated rings. The maximum absolute atomic E-state index is 4.99. The molecule has 9 heavy (non-hydrogen) atoms. The van der Waals surface area contributed by atoms with Crippen molar-refractivity contribution in [2.75, 3.05) is 20.1 Å². The van der Waals surface area contributed by atoms with Crippen LogP contribution in [0.15, 0.2) is 0 Å². The predicted molar refractivity (Wildman–Crippen MR) is 35.5 cm³/mol. The maximum atomic E-state index is 4.99. The first-order valence-electron chi connectivity index (χ1n) is 2.75. The van der Waals surface area contributed by atoms with Gasteiger partial charge in [-0.05, 0) is 7.05 Å². The standard InChI is InChI=1S/C3H14N6/c1-5-8-9-7-3-2-6-4/h5-9H,2-4H2,1H3. The largest absolute Gasteiger partial charge is 0.271 e. The highest BCUT2D eigenvalue weighted by atomic mass is 15.7. The lowest BCUT2D eigenvalue weighted by Crippen LogP contribution is -2.51. The second-order valence-electron chi connectivity index (χ2n) is 1.38. The molecule has 0 amide bonds. The van der Waals surface area contributed by atoms with Gasteiger partial charge in [-0.2, -0.15) is 11.1 Å². The summed E-state index contributed by atoms with van der Waals surface area (Å²) in [6.45, 7) is 1.48. The van der Waals surface area contributed by atoms with Crippen molar-refractivity contribution in [1.29, 1.82) is 0 Å². The van der Waals surface area contributed by atoms with E-state index in [0.717, 1.165) is 13.1 Å². The molecule has 0 rings (SSSR count). The number of hydrogen-bond acceptors (Lipinski definition) is 6. The fourth-order valence-corrected chi connectivity index (χ4v) is 0.304. The molecule has 0 aliphatic rings. The topological polar surface area (TPSA) is 86.2 Å². The quantitative estimate of drug-likeness (QED) is 0.133. The van der Waals surface area contributed by atoms with E-state index < -0.39 is 0 Å². The van der Waals surface area contributed by atoms with E-state index in [1.807, 2.05) is 0 Å². The fourth-order valence-electron chi connectivity index (χ4n) is 0.304. The van der Waals surface area contributed by atoms with E-state index in [-0.39, 0.29) is 0 Å². The highest BCUT2D eigenvalue weighted by Crippen LogP contribution is 1.43. The summed E-state index contributed by atoms with van der Waals surface area (Å²) in [5, 5.41) is 0. The Balaban J connectivity index is 2.60. The van der Waals surface area contributed by atoms with Gasteiger partial charge in [-0.15, -0.1) is 0 Å². The molecule has 6 heteroatoms. The summed E-state index contributed by atoms with van der Waals surface area (Å²) in [4.78, 5) is 0. The van der Waals surface area contributed by atoms with Crippen LogP contribution in [0.25, 0.3) is 0 Å². The molecule has 0 saturated carbocycles. The lowest BCUT2D eigenvalue weighted by molar-refractivity contribution is 0.390. The lowest BCUT2D eigenvalue weighted by atomic mass is 10.7. The first kappa shape index (κ1) is 8.76. The van der Waals surface area contributed by atoms with Crippen molar-refractivity contribution in [3.8, 4) is 0 Å². The van der Waals surface area contributed by atoms with Crippen LogP contribution in [0.1, 0.15) is 0 Å². The zero-order valence-corrected chi connectivity index (χ0v) is 5.49. The minimum Gasteiger partial charge on any atom is -0.271 e. The van der Waals surface area contributed by atoms with Gasteiger partial charge in [0, 0.05) is 13.1 Å². The fraction of sp³-hybridized carbons (Fsp3) is 1.00. The average molecular weight is 134 g/mol. The van der Waals surface area contributed by atoms with Crippen LogP contribution in [0.3, 0.4) is 0 Å². The molecular formula is C3H14N6. The highest BCUT2D eigenvalue weighted by molar-refractivity contribution is 4.37. The van der Waals surface area contributed by atoms with E-state index in [4.69, 9.17) is 5.84 Å². The molecule has 0 aromatic rings. The summed E-state index contributed by atoms with van der Waals surface area (Å²) in [5.74, 6) is 4.99. The molecule has 0 radical (unpaired) electrons. The van der Waals surface area contributed by atoms with Crippen molar-refractivity contribution < 1.29 is 0 Å². The van der Waals surface area contributed by atoms with Crippen LogP contribution in [0.4, 0.5) is 0 Å². The van der Waals surface area contributed by atoms with Gasteiger partial charge in [0.25, 0.3) is 0 Å². The first-order valence-corrected chi connectivity index (χ1v) is 2.75. The van der Waals surface area contributed by atoms with Crippen LogP contribution in [-0.2, 0) is 0 Å². The van der Waals surface area contributed by atoms with Gasteiger partial charge < -0.3 is 0 Å². The van der Waals surface area contributed by atoms with Gasteiger partial charge in [0.15, 0.2) is 0 Å². The average Bonchev–Trinajstić information content (AvgIpc) is 1.89. The van der Waals surface area contributed by atoms with E-state index in [2.05, 4.69) is 27.3 Å². The van der Waals surface area contributed by atoms with Crippen molar-refractivity contribution in [1.82, 2.24) is 27.3 Å². The lowest BCUT2D eigenvalue weighted by Gasteiger charge is -2.05. The van der Waals surface area contributed by atoms with Crippen molar-refractivity contribution in [3.63, 3.8) is 0 Å². The molecule has 0 aliphatic carbocycles. The molecule has 0 bridgehead atoms. The number of nitrogens with one attached hydrogen (secondary N) is 5. The van der Waals surface area contributed by atoms with Gasteiger partial charge in [-0.3, -0.25) is 11.3 Å². The molecule has 0 unspecified atom stereocenters. The third-order valence-electron chi connectivity index (χ3n) is 0.670. The number of rotatable bonds is 6. The highest BCUT2D eigenvalue weighted by Gasteiger charge is 1.78. The van der Waals surface area contributed by atoms with Crippen molar-refractivity contribution >= 4 is 0 Å². The molecule has 0 aromatic heterocycles. The Hall–Kier alpha value is -0.240. The Morgan fingerprint density at radius 3 is 2.56 bits per heavy atom. The van der Waals surface area contributed by atoms with Crippen LogP contribution in [-0.4, -0.2) is 20.1 Å². The molecule has 0 saturated heterocycles. The number of hydrazine groups is 4. The van der Waals surface area contributed by atoms with Crippen LogP contribution in [0.2, 0.25) is 0 Å². The third kappa shape index (κ3) is 7.76. The Bertz CT molecular complexity index is 41.6. The van der Waals surface area contributed by atoms with E-state index in [1.54, 1.807) is 7.05 Å². The molecule has 0 heterocycles. The molecule has 0 atom stereocenters. The van der Waals surface area contributed by atoms with Crippen LogP contribution in [0, 0.1) is 0 Å². The summed E-state index contributed by atoms with van der Waals surface area (Å²) in [6.07, 6.45) is 0. The number of hydrogen-bond donors (Lipinski definition) is 6.